The molecule has 0 saturated carbocycles. The van der Waals surface area contributed by atoms with Crippen molar-refractivity contribution < 1.29 is 18.4 Å². The van der Waals surface area contributed by atoms with E-state index in [-0.39, 0.29) is 11.9 Å². The summed E-state index contributed by atoms with van der Waals surface area (Å²) >= 11 is 0. The van der Waals surface area contributed by atoms with Crippen molar-refractivity contribution in [3.8, 4) is 0 Å². The summed E-state index contributed by atoms with van der Waals surface area (Å²) < 4.78 is 10.4. The summed E-state index contributed by atoms with van der Waals surface area (Å²) in [5.74, 6) is -0.422. The molecule has 88 valence electrons. The molecular weight excluding hydrogens is 228 g/mol. The highest BCUT2D eigenvalue weighted by Gasteiger charge is 2.27. The zero-order chi connectivity index (χ0) is 12.1. The van der Waals surface area contributed by atoms with E-state index in [1.807, 2.05) is 19.6 Å². The third-order valence-electron chi connectivity index (χ3n) is 1.94. The normalized spacial score (nSPS) is 13.1. The van der Waals surface area contributed by atoms with Crippen molar-refractivity contribution in [2.75, 3.05) is 0 Å². The molecule has 6 heteroatoms. The van der Waals surface area contributed by atoms with Crippen molar-refractivity contribution in [2.24, 2.45) is 0 Å². The largest absolute Gasteiger partial charge is 0.522 e. The van der Waals surface area contributed by atoms with E-state index >= 15 is 0 Å². The van der Waals surface area contributed by atoms with Crippen LogP contribution in [0.4, 0.5) is 0 Å². The lowest BCUT2D eigenvalue weighted by atomic mass is 10.9. The second-order valence-electron chi connectivity index (χ2n) is 4.31. The van der Waals surface area contributed by atoms with Gasteiger partial charge in [-0.2, -0.15) is 0 Å². The number of carbonyl (C=O) groups excluding carboxylic acids is 2. The average molecular weight is 248 g/mol. The lowest BCUT2D eigenvalue weighted by Crippen LogP contribution is -2.34. The van der Waals surface area contributed by atoms with Gasteiger partial charge in [-0.3, -0.25) is 9.59 Å². The molecule has 15 heavy (non-hydrogen) atoms. The molecule has 0 spiro atoms. The minimum Gasteiger partial charge on any atom is -0.522 e. The van der Waals surface area contributed by atoms with E-state index in [4.69, 9.17) is 8.85 Å². The van der Waals surface area contributed by atoms with Gasteiger partial charge in [0, 0.05) is 13.8 Å². The maximum Gasteiger partial charge on any atom is 0.289 e. The highest BCUT2D eigenvalue weighted by Crippen LogP contribution is 2.16. The summed E-state index contributed by atoms with van der Waals surface area (Å²) in [4.78, 5) is 21.5. The first-order valence-corrected chi connectivity index (χ1v) is 10.7. The van der Waals surface area contributed by atoms with E-state index in [0.717, 1.165) is 12.1 Å². The van der Waals surface area contributed by atoms with Crippen LogP contribution in [0.2, 0.25) is 31.7 Å². The van der Waals surface area contributed by atoms with Crippen LogP contribution in [0.3, 0.4) is 0 Å². The molecule has 0 amide bonds. The second-order valence-corrected chi connectivity index (χ2v) is 11.0. The Bertz CT molecular complexity index is 240. The van der Waals surface area contributed by atoms with Crippen LogP contribution in [0.1, 0.15) is 13.8 Å². The first-order valence-electron chi connectivity index (χ1n) is 5.10. The van der Waals surface area contributed by atoms with E-state index in [0.29, 0.717) is 0 Å². The summed E-state index contributed by atoms with van der Waals surface area (Å²) in [6.07, 6.45) is 0. The SMILES string of the molecule is CC(=O)O[SiH](C)CC[Si](C)(C)OC(C)=O. The quantitative estimate of drug-likeness (QED) is 0.695. The Morgan fingerprint density at radius 2 is 1.73 bits per heavy atom. The Balaban J connectivity index is 3.92. The molecule has 0 aromatic heterocycles. The molecule has 4 nitrogen and oxygen atoms in total. The van der Waals surface area contributed by atoms with Gasteiger partial charge in [0.25, 0.3) is 11.9 Å². The molecule has 0 rings (SSSR count). The summed E-state index contributed by atoms with van der Waals surface area (Å²) in [5.41, 5.74) is 0. The van der Waals surface area contributed by atoms with Gasteiger partial charge in [0.05, 0.1) is 0 Å². The highest BCUT2D eigenvalue weighted by molar-refractivity contribution is 6.73. The molecule has 0 heterocycles. The third kappa shape index (κ3) is 8.37. The van der Waals surface area contributed by atoms with Gasteiger partial charge in [-0.15, -0.1) is 0 Å². The lowest BCUT2D eigenvalue weighted by molar-refractivity contribution is -0.133. The van der Waals surface area contributed by atoms with Crippen LogP contribution >= 0.6 is 0 Å². The van der Waals surface area contributed by atoms with Crippen molar-refractivity contribution in [3.05, 3.63) is 0 Å². The lowest BCUT2D eigenvalue weighted by Gasteiger charge is -2.22. The molecule has 0 radical (unpaired) electrons. The number of hydrogen-bond donors (Lipinski definition) is 0. The average Bonchev–Trinajstić information content (AvgIpc) is 1.97. The van der Waals surface area contributed by atoms with Crippen LogP contribution in [0, 0.1) is 0 Å². The van der Waals surface area contributed by atoms with Gasteiger partial charge in [-0.05, 0) is 31.7 Å². The van der Waals surface area contributed by atoms with Crippen LogP contribution in [0.15, 0.2) is 0 Å². The van der Waals surface area contributed by atoms with Gasteiger partial charge in [0.2, 0.25) is 17.4 Å². The van der Waals surface area contributed by atoms with Crippen LogP contribution in [0.25, 0.3) is 0 Å². The Hall–Kier alpha value is -0.626. The first kappa shape index (κ1) is 14.4. The van der Waals surface area contributed by atoms with Crippen molar-refractivity contribution in [3.63, 3.8) is 0 Å². The molecule has 0 aliphatic carbocycles. The Kier molecular flexibility index (Phi) is 5.81. The van der Waals surface area contributed by atoms with Crippen LogP contribution in [-0.4, -0.2) is 29.3 Å². The van der Waals surface area contributed by atoms with Crippen molar-refractivity contribution in [1.82, 2.24) is 0 Å². The second kappa shape index (κ2) is 6.07. The molecular formula is C9H20O4Si2. The van der Waals surface area contributed by atoms with Crippen molar-refractivity contribution in [2.45, 2.75) is 45.6 Å². The standard InChI is InChI=1S/C9H20O4Si2/c1-8(10)12-14(3)6-7-15(4,5)13-9(2)11/h14H,6-7H2,1-5H3. The molecule has 0 aromatic rings. The van der Waals surface area contributed by atoms with Gasteiger partial charge >= 0.3 is 0 Å². The monoisotopic (exact) mass is 248 g/mol. The molecule has 0 aliphatic rings. The molecule has 0 aromatic carbocycles. The summed E-state index contributed by atoms with van der Waals surface area (Å²) in [6.45, 7) is 8.85. The predicted molar refractivity (Wildman–Crippen MR) is 63.6 cm³/mol. The Morgan fingerprint density at radius 3 is 2.13 bits per heavy atom. The highest BCUT2D eigenvalue weighted by atomic mass is 28.4. The zero-order valence-electron chi connectivity index (χ0n) is 10.1. The van der Waals surface area contributed by atoms with Gasteiger partial charge < -0.3 is 8.85 Å². The molecule has 0 fully saturated rings. The zero-order valence-corrected chi connectivity index (χ0v) is 12.3. The van der Waals surface area contributed by atoms with E-state index in [2.05, 4.69) is 0 Å². The van der Waals surface area contributed by atoms with Crippen molar-refractivity contribution >= 4 is 29.3 Å². The molecule has 0 N–H and O–H groups in total. The number of hydrogen-bond acceptors (Lipinski definition) is 4. The van der Waals surface area contributed by atoms with Gasteiger partial charge in [-0.25, -0.2) is 0 Å². The topological polar surface area (TPSA) is 52.6 Å². The molecule has 0 aliphatic heterocycles. The number of rotatable bonds is 5. The summed E-state index contributed by atoms with van der Waals surface area (Å²) in [7, 11) is -3.30. The predicted octanol–water partition coefficient (Wildman–Crippen LogP) is 1.67. The van der Waals surface area contributed by atoms with Gasteiger partial charge in [-0.1, -0.05) is 0 Å². The van der Waals surface area contributed by atoms with Crippen molar-refractivity contribution in [1.29, 1.82) is 0 Å². The number of carbonyl (C=O) groups is 2. The fourth-order valence-electron chi connectivity index (χ4n) is 1.33. The molecule has 0 saturated heterocycles. The fourth-order valence-corrected chi connectivity index (χ4v) is 7.30. The Labute approximate surface area is 93.8 Å². The van der Waals surface area contributed by atoms with Crippen LogP contribution in [-0.2, 0) is 18.4 Å². The molecule has 1 unspecified atom stereocenters. The fraction of sp³-hybridized carbons (Fsp3) is 0.778. The minimum atomic E-state index is -1.89. The first-order chi connectivity index (χ1) is 6.73. The Morgan fingerprint density at radius 1 is 1.20 bits per heavy atom. The van der Waals surface area contributed by atoms with Gasteiger partial charge in [0.15, 0.2) is 0 Å². The van der Waals surface area contributed by atoms with E-state index in [9.17, 15) is 9.59 Å². The van der Waals surface area contributed by atoms with E-state index in [1.54, 1.807) is 0 Å². The van der Waals surface area contributed by atoms with Gasteiger partial charge in [0.1, 0.15) is 0 Å². The smallest absolute Gasteiger partial charge is 0.289 e. The summed E-state index contributed by atoms with van der Waals surface area (Å²) in [6, 6.07) is 1.75. The summed E-state index contributed by atoms with van der Waals surface area (Å²) in [5, 5.41) is 0. The van der Waals surface area contributed by atoms with Crippen LogP contribution < -0.4 is 0 Å². The van der Waals surface area contributed by atoms with E-state index < -0.39 is 17.4 Å². The molecule has 1 atom stereocenters. The maximum absolute atomic E-state index is 10.8. The maximum atomic E-state index is 10.8. The third-order valence-corrected chi connectivity index (χ3v) is 6.69. The van der Waals surface area contributed by atoms with Crippen LogP contribution in [0.5, 0.6) is 0 Å². The molecule has 0 bridgehead atoms. The minimum absolute atomic E-state index is 0.207. The van der Waals surface area contributed by atoms with E-state index in [1.165, 1.54) is 13.8 Å².